The van der Waals surface area contributed by atoms with Crippen molar-refractivity contribution < 1.29 is 23.9 Å². The number of carbonyl (C=O) groups excluding carboxylic acids is 4. The molecule has 0 radical (unpaired) electrons. The number of thioether (sulfide) groups is 1. The predicted octanol–water partition coefficient (Wildman–Crippen LogP) is 1.47. The molecule has 0 saturated carbocycles. The molecule has 1 aliphatic rings. The molecule has 0 aliphatic carbocycles. The highest BCUT2D eigenvalue weighted by Gasteiger charge is 2.43. The Balaban J connectivity index is 2.15. The molecule has 3 amide bonds. The maximum Gasteiger partial charge on any atom is 0.329 e. The largest absolute Gasteiger partial charge is 0.454 e. The summed E-state index contributed by atoms with van der Waals surface area (Å²) < 4.78 is 5.07. The summed E-state index contributed by atoms with van der Waals surface area (Å²) in [5.41, 5.74) is 0.550. The summed E-state index contributed by atoms with van der Waals surface area (Å²) in [6.07, 6.45) is 2.12. The highest BCUT2D eigenvalue weighted by molar-refractivity contribution is 7.98. The standard InChI is InChI=1S/C18H22N2O5S/c1-11(2)19-15(21)10-25-18(24)14(8-9-26-3)20-16(22)12-6-4-5-7-13(12)17(20)23/h4-7,11,14H,8-10H2,1-3H3,(H,19,21)/t14-/m0/s1. The van der Waals surface area contributed by atoms with Gasteiger partial charge in [0.25, 0.3) is 17.7 Å². The molecule has 26 heavy (non-hydrogen) atoms. The number of benzene rings is 1. The second-order valence-corrected chi connectivity index (χ2v) is 7.14. The molecule has 0 fully saturated rings. The van der Waals surface area contributed by atoms with Gasteiger partial charge in [0.05, 0.1) is 11.1 Å². The fourth-order valence-electron chi connectivity index (χ4n) is 2.67. The van der Waals surface area contributed by atoms with Crippen molar-refractivity contribution >= 4 is 35.5 Å². The van der Waals surface area contributed by atoms with E-state index in [1.807, 2.05) is 6.26 Å². The van der Waals surface area contributed by atoms with Gasteiger partial charge >= 0.3 is 5.97 Å². The van der Waals surface area contributed by atoms with Gasteiger partial charge in [0, 0.05) is 6.04 Å². The minimum absolute atomic E-state index is 0.0790. The second-order valence-electron chi connectivity index (χ2n) is 6.15. The highest BCUT2D eigenvalue weighted by atomic mass is 32.2. The maximum atomic E-state index is 12.6. The molecule has 1 aromatic rings. The zero-order valence-electron chi connectivity index (χ0n) is 15.0. The van der Waals surface area contributed by atoms with Gasteiger partial charge in [-0.2, -0.15) is 11.8 Å². The molecule has 1 aromatic carbocycles. The number of esters is 1. The highest BCUT2D eigenvalue weighted by Crippen LogP contribution is 2.26. The summed E-state index contributed by atoms with van der Waals surface area (Å²) in [6, 6.07) is 5.31. The number of nitrogens with zero attached hydrogens (tertiary/aromatic N) is 1. The van der Waals surface area contributed by atoms with Crippen LogP contribution in [0.1, 0.15) is 41.0 Å². The number of rotatable bonds is 8. The summed E-state index contributed by atoms with van der Waals surface area (Å²) in [5.74, 6) is -1.65. The van der Waals surface area contributed by atoms with E-state index in [0.717, 1.165) is 4.90 Å². The van der Waals surface area contributed by atoms with Crippen LogP contribution >= 0.6 is 11.8 Å². The topological polar surface area (TPSA) is 92.8 Å². The van der Waals surface area contributed by atoms with Crippen LogP contribution in [-0.4, -0.2) is 59.3 Å². The molecular weight excluding hydrogens is 356 g/mol. The van der Waals surface area contributed by atoms with E-state index in [1.54, 1.807) is 38.1 Å². The molecule has 0 spiro atoms. The Labute approximate surface area is 156 Å². The fraction of sp³-hybridized carbons (Fsp3) is 0.444. The van der Waals surface area contributed by atoms with Crippen LogP contribution in [-0.2, 0) is 14.3 Å². The molecule has 1 N–H and O–H groups in total. The predicted molar refractivity (Wildman–Crippen MR) is 98.0 cm³/mol. The van der Waals surface area contributed by atoms with Crippen LogP contribution in [0.4, 0.5) is 0 Å². The molecule has 140 valence electrons. The summed E-state index contributed by atoms with van der Waals surface area (Å²) in [7, 11) is 0. The first-order valence-corrected chi connectivity index (χ1v) is 9.68. The van der Waals surface area contributed by atoms with Gasteiger partial charge in [-0.05, 0) is 44.4 Å². The second kappa shape index (κ2) is 8.84. The van der Waals surface area contributed by atoms with E-state index in [0.29, 0.717) is 5.75 Å². The molecule has 2 rings (SSSR count). The Hall–Kier alpha value is -2.35. The van der Waals surface area contributed by atoms with Crippen molar-refractivity contribution in [3.8, 4) is 0 Å². The third-order valence-corrected chi connectivity index (χ3v) is 4.44. The van der Waals surface area contributed by atoms with Crippen molar-refractivity contribution in [3.05, 3.63) is 35.4 Å². The van der Waals surface area contributed by atoms with Crippen molar-refractivity contribution in [1.82, 2.24) is 10.2 Å². The van der Waals surface area contributed by atoms with Gasteiger partial charge in [-0.1, -0.05) is 12.1 Å². The number of hydrogen-bond acceptors (Lipinski definition) is 6. The van der Waals surface area contributed by atoms with Crippen LogP contribution in [0.5, 0.6) is 0 Å². The van der Waals surface area contributed by atoms with Gasteiger partial charge in [-0.25, -0.2) is 4.79 Å². The van der Waals surface area contributed by atoms with Gasteiger partial charge in [-0.15, -0.1) is 0 Å². The monoisotopic (exact) mass is 378 g/mol. The first kappa shape index (κ1) is 20.0. The number of ether oxygens (including phenoxy) is 1. The zero-order chi connectivity index (χ0) is 19.3. The van der Waals surface area contributed by atoms with E-state index in [-0.39, 0.29) is 23.6 Å². The zero-order valence-corrected chi connectivity index (χ0v) is 15.8. The Morgan fingerprint density at radius 3 is 2.23 bits per heavy atom. The van der Waals surface area contributed by atoms with Crippen molar-refractivity contribution in [2.24, 2.45) is 0 Å². The minimum Gasteiger partial charge on any atom is -0.454 e. The first-order chi connectivity index (χ1) is 12.4. The van der Waals surface area contributed by atoms with Crippen molar-refractivity contribution in [2.75, 3.05) is 18.6 Å². The number of nitrogens with one attached hydrogen (secondary N) is 1. The van der Waals surface area contributed by atoms with Crippen LogP contribution in [0.25, 0.3) is 0 Å². The molecular formula is C18H22N2O5S. The summed E-state index contributed by atoms with van der Waals surface area (Å²) in [5, 5.41) is 2.61. The van der Waals surface area contributed by atoms with E-state index in [9.17, 15) is 19.2 Å². The molecule has 0 aromatic heterocycles. The lowest BCUT2D eigenvalue weighted by molar-refractivity contribution is -0.152. The summed E-state index contributed by atoms with van der Waals surface area (Å²) in [6.45, 7) is 3.13. The lowest BCUT2D eigenvalue weighted by Crippen LogP contribution is -2.47. The van der Waals surface area contributed by atoms with Gasteiger partial charge in [0.15, 0.2) is 6.61 Å². The summed E-state index contributed by atoms with van der Waals surface area (Å²) in [4.78, 5) is 50.4. The van der Waals surface area contributed by atoms with Crippen LogP contribution in [0.3, 0.4) is 0 Å². The normalized spacial score (nSPS) is 14.4. The molecule has 1 heterocycles. The third-order valence-electron chi connectivity index (χ3n) is 3.80. The number of imide groups is 1. The number of fused-ring (bicyclic) bond motifs is 1. The smallest absolute Gasteiger partial charge is 0.329 e. The van der Waals surface area contributed by atoms with E-state index in [1.165, 1.54) is 11.8 Å². The van der Waals surface area contributed by atoms with Gasteiger partial charge < -0.3 is 10.1 Å². The van der Waals surface area contributed by atoms with Crippen LogP contribution in [0, 0.1) is 0 Å². The lowest BCUT2D eigenvalue weighted by Gasteiger charge is -2.24. The van der Waals surface area contributed by atoms with Crippen molar-refractivity contribution in [1.29, 1.82) is 0 Å². The Kier molecular flexibility index (Phi) is 6.79. The molecule has 8 heteroatoms. The van der Waals surface area contributed by atoms with Gasteiger partial charge in [0.2, 0.25) is 0 Å². The van der Waals surface area contributed by atoms with Crippen molar-refractivity contribution in [3.63, 3.8) is 0 Å². The van der Waals surface area contributed by atoms with Crippen LogP contribution < -0.4 is 5.32 Å². The molecule has 7 nitrogen and oxygen atoms in total. The number of amides is 3. The third kappa shape index (κ3) is 4.43. The molecule has 0 bridgehead atoms. The SMILES string of the molecule is CSCC[C@@H](C(=O)OCC(=O)NC(C)C)N1C(=O)c2ccccc2C1=O. The minimum atomic E-state index is -1.05. The van der Waals surface area contributed by atoms with E-state index in [2.05, 4.69) is 5.32 Å². The molecule has 0 saturated heterocycles. The van der Waals surface area contributed by atoms with Gasteiger partial charge in [0.1, 0.15) is 6.04 Å². The van der Waals surface area contributed by atoms with E-state index >= 15 is 0 Å². The molecule has 1 atom stereocenters. The van der Waals surface area contributed by atoms with E-state index in [4.69, 9.17) is 4.74 Å². The molecule has 0 unspecified atom stereocenters. The first-order valence-electron chi connectivity index (χ1n) is 8.28. The number of carbonyl (C=O) groups is 4. The number of hydrogen-bond donors (Lipinski definition) is 1. The van der Waals surface area contributed by atoms with Crippen molar-refractivity contribution in [2.45, 2.75) is 32.4 Å². The van der Waals surface area contributed by atoms with Gasteiger partial charge in [-0.3, -0.25) is 19.3 Å². The maximum absolute atomic E-state index is 12.6. The summed E-state index contributed by atoms with van der Waals surface area (Å²) >= 11 is 1.49. The van der Waals surface area contributed by atoms with Crippen LogP contribution in [0.2, 0.25) is 0 Å². The average Bonchev–Trinajstić information content (AvgIpc) is 2.85. The molecule has 1 aliphatic heterocycles. The van der Waals surface area contributed by atoms with Crippen LogP contribution in [0.15, 0.2) is 24.3 Å². The van der Waals surface area contributed by atoms with E-state index < -0.39 is 36.3 Å². The fourth-order valence-corrected chi connectivity index (χ4v) is 3.13. The Morgan fingerprint density at radius 1 is 1.15 bits per heavy atom. The Morgan fingerprint density at radius 2 is 1.73 bits per heavy atom. The lowest BCUT2D eigenvalue weighted by atomic mass is 10.1. The Bertz CT molecular complexity index is 684. The quantitative estimate of drug-likeness (QED) is 0.544. The average molecular weight is 378 g/mol.